The third-order valence-corrected chi connectivity index (χ3v) is 5.58. The van der Waals surface area contributed by atoms with Gasteiger partial charge < -0.3 is 15.0 Å². The van der Waals surface area contributed by atoms with Crippen molar-refractivity contribution in [2.24, 2.45) is 5.92 Å². The van der Waals surface area contributed by atoms with Crippen molar-refractivity contribution in [3.05, 3.63) is 59.5 Å². The van der Waals surface area contributed by atoms with Crippen molar-refractivity contribution in [1.29, 1.82) is 0 Å². The lowest BCUT2D eigenvalue weighted by Crippen LogP contribution is -2.44. The molecule has 1 N–H and O–H groups in total. The van der Waals surface area contributed by atoms with E-state index in [-0.39, 0.29) is 18.0 Å². The molecule has 0 bridgehead atoms. The quantitative estimate of drug-likeness (QED) is 0.739. The first kappa shape index (κ1) is 19.2. The summed E-state index contributed by atoms with van der Waals surface area (Å²) in [4.78, 5) is 15.0. The molecule has 4 rings (SSSR count). The maximum atomic E-state index is 13.1. The van der Waals surface area contributed by atoms with Crippen molar-refractivity contribution >= 4 is 11.7 Å². The number of nitrogens with zero attached hydrogens (tertiary/aromatic N) is 4. The summed E-state index contributed by atoms with van der Waals surface area (Å²) in [5.41, 5.74) is 3.23. The number of nitrogens with one attached hydrogen (secondary N) is 1. The Kier molecular flexibility index (Phi) is 5.38. The molecule has 2 aromatic heterocycles. The van der Waals surface area contributed by atoms with Gasteiger partial charge in [-0.25, -0.2) is 4.79 Å². The molecule has 1 atom stereocenters. The van der Waals surface area contributed by atoms with Gasteiger partial charge in [-0.3, -0.25) is 4.40 Å². The standard InChI is InChI=1S/C22H27N5O2/c1-15(2)20(21-25-24-19-9-4-5-12-27(19)21)23-22(28)26-13-10-16-7-6-8-18(29-3)17(16)11-14-26/h4-9,12,15,20H,10-11,13-14H2,1-3H3,(H,23,28). The third kappa shape index (κ3) is 3.77. The van der Waals surface area contributed by atoms with Gasteiger partial charge in [0.2, 0.25) is 0 Å². The van der Waals surface area contributed by atoms with E-state index in [1.54, 1.807) is 7.11 Å². The Balaban J connectivity index is 1.52. The summed E-state index contributed by atoms with van der Waals surface area (Å²) in [5.74, 6) is 1.83. The molecule has 3 heterocycles. The minimum absolute atomic E-state index is 0.0665. The SMILES string of the molecule is COc1cccc2c1CCN(C(=O)NC(c1nnc3ccccn13)C(C)C)CC2. The van der Waals surface area contributed by atoms with Crippen LogP contribution < -0.4 is 10.1 Å². The number of amides is 2. The van der Waals surface area contributed by atoms with Crippen LogP contribution in [0.4, 0.5) is 4.79 Å². The fourth-order valence-electron chi connectivity index (χ4n) is 3.96. The number of benzene rings is 1. The summed E-state index contributed by atoms with van der Waals surface area (Å²) in [7, 11) is 1.70. The fraction of sp³-hybridized carbons (Fsp3) is 0.409. The van der Waals surface area contributed by atoms with Crippen molar-refractivity contribution in [1.82, 2.24) is 24.8 Å². The van der Waals surface area contributed by atoms with Crippen LogP contribution in [0.25, 0.3) is 5.65 Å². The number of urea groups is 1. The summed E-state index contributed by atoms with van der Waals surface area (Å²) < 4.78 is 7.45. The van der Waals surface area contributed by atoms with E-state index < -0.39 is 0 Å². The second-order valence-electron chi connectivity index (χ2n) is 7.74. The van der Waals surface area contributed by atoms with Crippen LogP contribution in [0.1, 0.15) is 36.8 Å². The lowest BCUT2D eigenvalue weighted by atomic mass is 10.0. The molecule has 3 aromatic rings. The van der Waals surface area contributed by atoms with E-state index in [1.165, 1.54) is 11.1 Å². The lowest BCUT2D eigenvalue weighted by molar-refractivity contribution is 0.191. The average Bonchev–Trinajstić information content (AvgIpc) is 3.02. The normalized spacial score (nSPS) is 15.1. The molecule has 1 aliphatic rings. The molecule has 2 amide bonds. The number of aromatic nitrogens is 3. The maximum Gasteiger partial charge on any atom is 0.318 e. The molecule has 0 saturated heterocycles. The second-order valence-corrected chi connectivity index (χ2v) is 7.74. The Bertz CT molecular complexity index is 1010. The molecular weight excluding hydrogens is 366 g/mol. The van der Waals surface area contributed by atoms with Crippen LogP contribution >= 0.6 is 0 Å². The Labute approximate surface area is 170 Å². The number of rotatable bonds is 4. The van der Waals surface area contributed by atoms with E-state index >= 15 is 0 Å². The highest BCUT2D eigenvalue weighted by atomic mass is 16.5. The predicted molar refractivity (Wildman–Crippen MR) is 111 cm³/mol. The molecule has 7 nitrogen and oxygen atoms in total. The van der Waals surface area contributed by atoms with Gasteiger partial charge in [0, 0.05) is 19.3 Å². The molecule has 1 aromatic carbocycles. The van der Waals surface area contributed by atoms with E-state index in [4.69, 9.17) is 4.74 Å². The van der Waals surface area contributed by atoms with Crippen molar-refractivity contribution in [3.63, 3.8) is 0 Å². The number of pyridine rings is 1. The summed E-state index contributed by atoms with van der Waals surface area (Å²) in [6.07, 6.45) is 3.54. The molecule has 29 heavy (non-hydrogen) atoms. The molecule has 1 aliphatic heterocycles. The second kappa shape index (κ2) is 8.11. The van der Waals surface area contributed by atoms with Crippen LogP contribution in [0.5, 0.6) is 5.75 Å². The van der Waals surface area contributed by atoms with Gasteiger partial charge in [0.1, 0.15) is 5.75 Å². The number of ether oxygens (including phenoxy) is 1. The lowest BCUT2D eigenvalue weighted by Gasteiger charge is -2.26. The van der Waals surface area contributed by atoms with E-state index in [0.717, 1.165) is 30.1 Å². The Hall–Kier alpha value is -3.09. The van der Waals surface area contributed by atoms with Gasteiger partial charge in [-0.1, -0.05) is 32.0 Å². The number of hydrogen-bond donors (Lipinski definition) is 1. The summed E-state index contributed by atoms with van der Waals surface area (Å²) >= 11 is 0. The third-order valence-electron chi connectivity index (χ3n) is 5.58. The molecule has 0 saturated carbocycles. The number of fused-ring (bicyclic) bond motifs is 2. The molecular formula is C22H27N5O2. The monoisotopic (exact) mass is 393 g/mol. The summed E-state index contributed by atoms with van der Waals surface area (Å²) in [6.45, 7) is 5.50. The topological polar surface area (TPSA) is 71.8 Å². The molecule has 0 spiro atoms. The first-order valence-corrected chi connectivity index (χ1v) is 10.1. The van der Waals surface area contributed by atoms with Gasteiger partial charge in [0.25, 0.3) is 0 Å². The molecule has 0 fully saturated rings. The number of carbonyl (C=O) groups excluding carboxylic acids is 1. The van der Waals surface area contributed by atoms with Gasteiger partial charge in [0.15, 0.2) is 11.5 Å². The van der Waals surface area contributed by atoms with Crippen LogP contribution in [0.15, 0.2) is 42.6 Å². The molecule has 0 radical (unpaired) electrons. The molecule has 1 unspecified atom stereocenters. The predicted octanol–water partition coefficient (Wildman–Crippen LogP) is 3.25. The van der Waals surface area contributed by atoms with Crippen molar-refractivity contribution in [2.75, 3.05) is 20.2 Å². The van der Waals surface area contributed by atoms with E-state index in [9.17, 15) is 4.79 Å². The van der Waals surface area contributed by atoms with Gasteiger partial charge in [-0.05, 0) is 48.1 Å². The molecule has 7 heteroatoms. The molecule has 152 valence electrons. The Morgan fingerprint density at radius 2 is 1.93 bits per heavy atom. The van der Waals surface area contributed by atoms with Crippen LogP contribution in [-0.2, 0) is 12.8 Å². The number of hydrogen-bond acceptors (Lipinski definition) is 4. The van der Waals surface area contributed by atoms with Crippen molar-refractivity contribution < 1.29 is 9.53 Å². The fourth-order valence-corrected chi connectivity index (χ4v) is 3.96. The van der Waals surface area contributed by atoms with Crippen LogP contribution in [0.2, 0.25) is 0 Å². The maximum absolute atomic E-state index is 13.1. The summed E-state index contributed by atoms with van der Waals surface area (Å²) in [6, 6.07) is 11.6. The van der Waals surface area contributed by atoms with Crippen LogP contribution in [-0.4, -0.2) is 45.7 Å². The van der Waals surface area contributed by atoms with Gasteiger partial charge in [-0.15, -0.1) is 10.2 Å². The Morgan fingerprint density at radius 3 is 2.72 bits per heavy atom. The number of carbonyl (C=O) groups is 1. The Morgan fingerprint density at radius 1 is 1.10 bits per heavy atom. The van der Waals surface area contributed by atoms with Crippen molar-refractivity contribution in [3.8, 4) is 5.75 Å². The van der Waals surface area contributed by atoms with Gasteiger partial charge >= 0.3 is 6.03 Å². The molecule has 0 aliphatic carbocycles. The van der Waals surface area contributed by atoms with Crippen LogP contribution in [0, 0.1) is 5.92 Å². The minimum atomic E-state index is -0.222. The minimum Gasteiger partial charge on any atom is -0.496 e. The van der Waals surface area contributed by atoms with Crippen molar-refractivity contribution in [2.45, 2.75) is 32.7 Å². The largest absolute Gasteiger partial charge is 0.496 e. The highest BCUT2D eigenvalue weighted by molar-refractivity contribution is 5.75. The highest BCUT2D eigenvalue weighted by Gasteiger charge is 2.27. The smallest absolute Gasteiger partial charge is 0.318 e. The van der Waals surface area contributed by atoms with E-state index in [1.807, 2.05) is 45.8 Å². The van der Waals surface area contributed by atoms with E-state index in [0.29, 0.717) is 13.1 Å². The zero-order chi connectivity index (χ0) is 20.4. The first-order valence-electron chi connectivity index (χ1n) is 10.1. The van der Waals surface area contributed by atoms with E-state index in [2.05, 4.69) is 35.4 Å². The average molecular weight is 393 g/mol. The van der Waals surface area contributed by atoms with Gasteiger partial charge in [-0.2, -0.15) is 0 Å². The zero-order valence-corrected chi connectivity index (χ0v) is 17.1. The van der Waals surface area contributed by atoms with Gasteiger partial charge in [0.05, 0.1) is 13.2 Å². The number of methoxy groups -OCH3 is 1. The zero-order valence-electron chi connectivity index (χ0n) is 17.1. The highest BCUT2D eigenvalue weighted by Crippen LogP contribution is 2.26. The summed E-state index contributed by atoms with van der Waals surface area (Å²) in [5, 5.41) is 11.8. The first-order chi connectivity index (χ1) is 14.1. The van der Waals surface area contributed by atoms with Crippen LogP contribution in [0.3, 0.4) is 0 Å².